The van der Waals surface area contributed by atoms with Crippen LogP contribution in [0.5, 0.6) is 0 Å². The first kappa shape index (κ1) is 16.9. The van der Waals surface area contributed by atoms with Gasteiger partial charge in [0.25, 0.3) is 3.79 Å². The molecule has 1 N–H and O–H groups in total. The van der Waals surface area contributed by atoms with Crippen molar-refractivity contribution in [2.45, 2.75) is 30.1 Å². The highest BCUT2D eigenvalue weighted by atomic mass is 35.6. The molecule has 1 heterocycles. The van der Waals surface area contributed by atoms with Gasteiger partial charge in [0.05, 0.1) is 11.1 Å². The number of halogens is 3. The van der Waals surface area contributed by atoms with Crippen molar-refractivity contribution in [1.82, 2.24) is 4.72 Å². The average molecular weight is 366 g/mol. The minimum Gasteiger partial charge on any atom is -0.231 e. The summed E-state index contributed by atoms with van der Waals surface area (Å²) in [6.07, 6.45) is 0. The highest BCUT2D eigenvalue weighted by Crippen LogP contribution is 2.30. The Balaban J connectivity index is 2.45. The first-order valence-corrected chi connectivity index (χ1v) is 8.46. The molecule has 4 nitrogen and oxygen atoms in total. The van der Waals surface area contributed by atoms with Gasteiger partial charge in [0, 0.05) is 11.1 Å². The molecule has 1 aromatic carbocycles. The van der Waals surface area contributed by atoms with Crippen molar-refractivity contribution < 1.29 is 0 Å². The maximum Gasteiger partial charge on any atom is 0.250 e. The number of rotatable bonds is 2. The van der Waals surface area contributed by atoms with Crippen LogP contribution in [0.25, 0.3) is 0 Å². The maximum absolute atomic E-state index is 5.93. The van der Waals surface area contributed by atoms with Crippen LogP contribution in [0.15, 0.2) is 44.1 Å². The second-order valence-corrected chi connectivity index (χ2v) is 8.80. The van der Waals surface area contributed by atoms with E-state index in [4.69, 9.17) is 34.8 Å². The van der Waals surface area contributed by atoms with Crippen molar-refractivity contribution in [2.75, 3.05) is 0 Å². The smallest absolute Gasteiger partial charge is 0.231 e. The molecular formula is C13H15Cl3N4S. The van der Waals surface area contributed by atoms with E-state index in [1.807, 2.05) is 51.1 Å². The summed E-state index contributed by atoms with van der Waals surface area (Å²) in [6.45, 7) is 6.07. The van der Waals surface area contributed by atoms with E-state index in [1.54, 1.807) is 0 Å². The van der Waals surface area contributed by atoms with E-state index in [0.29, 0.717) is 5.84 Å². The van der Waals surface area contributed by atoms with Crippen molar-refractivity contribution >= 4 is 57.5 Å². The van der Waals surface area contributed by atoms with E-state index in [1.165, 1.54) is 0 Å². The van der Waals surface area contributed by atoms with Crippen LogP contribution in [0.4, 0.5) is 0 Å². The Labute approximate surface area is 142 Å². The summed E-state index contributed by atoms with van der Waals surface area (Å²) >= 11 is 16.9. The molecule has 0 aromatic heterocycles. The molecule has 8 heteroatoms. The van der Waals surface area contributed by atoms with Gasteiger partial charge in [-0.25, -0.2) is 9.71 Å². The van der Waals surface area contributed by atoms with Gasteiger partial charge in [-0.15, -0.1) is 0 Å². The summed E-state index contributed by atoms with van der Waals surface area (Å²) < 4.78 is 10.4. The zero-order valence-electron chi connectivity index (χ0n) is 11.8. The SMILES string of the molecule is CC(C)(C)N[S@@]1=NC(c2ccccc2)=NC(C(Cl)(Cl)Cl)=N1. The molecule has 0 radical (unpaired) electrons. The molecule has 0 saturated heterocycles. The lowest BCUT2D eigenvalue weighted by Crippen LogP contribution is -2.38. The monoisotopic (exact) mass is 364 g/mol. The summed E-state index contributed by atoms with van der Waals surface area (Å²) in [5, 5.41) is 0. The van der Waals surface area contributed by atoms with Crippen LogP contribution in [0.3, 0.4) is 0 Å². The fraction of sp³-hybridized carbons (Fsp3) is 0.385. The number of nitrogens with one attached hydrogen (secondary N) is 1. The number of amidine groups is 2. The normalized spacial score (nSPS) is 19.6. The van der Waals surface area contributed by atoms with Crippen molar-refractivity contribution in [3.05, 3.63) is 35.9 Å². The van der Waals surface area contributed by atoms with Crippen molar-refractivity contribution in [3.63, 3.8) is 0 Å². The lowest BCUT2D eigenvalue weighted by Gasteiger charge is -2.23. The van der Waals surface area contributed by atoms with Crippen LogP contribution in [0, 0.1) is 0 Å². The summed E-state index contributed by atoms with van der Waals surface area (Å²) in [5.41, 5.74) is 0.681. The second kappa shape index (κ2) is 6.34. The molecule has 0 amide bonds. The summed E-state index contributed by atoms with van der Waals surface area (Å²) in [5.74, 6) is 0.647. The third kappa shape index (κ3) is 5.04. The van der Waals surface area contributed by atoms with Crippen LogP contribution in [0.1, 0.15) is 26.3 Å². The van der Waals surface area contributed by atoms with Gasteiger partial charge < -0.3 is 0 Å². The Morgan fingerprint density at radius 1 is 1.05 bits per heavy atom. The molecule has 114 valence electrons. The highest BCUT2D eigenvalue weighted by Gasteiger charge is 2.31. The van der Waals surface area contributed by atoms with Crippen molar-refractivity contribution in [3.8, 4) is 0 Å². The third-order valence-electron chi connectivity index (χ3n) is 2.24. The Bertz CT molecular complexity index is 613. The molecule has 0 bridgehead atoms. The Hall–Kier alpha value is -0.460. The van der Waals surface area contributed by atoms with E-state index in [0.717, 1.165) is 5.56 Å². The molecule has 1 aliphatic heterocycles. The van der Waals surface area contributed by atoms with E-state index >= 15 is 0 Å². The van der Waals surface area contributed by atoms with Crippen LogP contribution >= 0.6 is 34.8 Å². The van der Waals surface area contributed by atoms with E-state index < -0.39 is 14.9 Å². The first-order chi connectivity index (χ1) is 9.65. The molecule has 0 fully saturated rings. The number of hydrogen-bond acceptors (Lipinski definition) is 4. The molecule has 21 heavy (non-hydrogen) atoms. The van der Waals surface area contributed by atoms with Crippen LogP contribution < -0.4 is 4.72 Å². The predicted octanol–water partition coefficient (Wildman–Crippen LogP) is 4.24. The van der Waals surface area contributed by atoms with Gasteiger partial charge in [0.1, 0.15) is 0 Å². The fourth-order valence-electron chi connectivity index (χ4n) is 1.46. The van der Waals surface area contributed by atoms with Gasteiger partial charge in [-0.2, -0.15) is 8.76 Å². The topological polar surface area (TPSA) is 49.1 Å². The van der Waals surface area contributed by atoms with E-state index in [-0.39, 0.29) is 11.4 Å². The van der Waals surface area contributed by atoms with Gasteiger partial charge in [-0.3, -0.25) is 0 Å². The fourth-order valence-corrected chi connectivity index (χ4v) is 3.20. The van der Waals surface area contributed by atoms with E-state index in [9.17, 15) is 0 Å². The second-order valence-electron chi connectivity index (χ2n) is 5.42. The van der Waals surface area contributed by atoms with Gasteiger partial charge in [-0.05, 0) is 20.8 Å². The zero-order chi connectivity index (χ0) is 15.7. The quantitative estimate of drug-likeness (QED) is 0.783. The lowest BCUT2D eigenvalue weighted by molar-refractivity contribution is 0.533. The Kier molecular flexibility index (Phi) is 5.11. The van der Waals surface area contributed by atoms with Gasteiger partial charge in [-0.1, -0.05) is 65.1 Å². The largest absolute Gasteiger partial charge is 0.250 e. The number of alkyl halides is 3. The molecule has 1 atom stereocenters. The molecule has 0 saturated carbocycles. The number of aliphatic imine (C=N–C) groups is 1. The summed E-state index contributed by atoms with van der Waals surface area (Å²) in [6, 6.07) is 9.54. The maximum atomic E-state index is 5.93. The standard InChI is InChI=1S/C13H15Cl3N4S/c1-12(2,3)20-21-18-10(9-7-5-4-6-8-9)17-11(19-21)13(14,15)16/h4-8H,1-3H3,(H,17,18,19,20)/t21-/m1/s1. The Morgan fingerprint density at radius 3 is 2.19 bits per heavy atom. The molecule has 1 aromatic rings. The van der Waals surface area contributed by atoms with Crippen molar-refractivity contribution in [2.24, 2.45) is 13.8 Å². The molecule has 1 aliphatic rings. The predicted molar refractivity (Wildman–Crippen MR) is 93.4 cm³/mol. The minimum absolute atomic E-state index is 0.140. The number of benzene rings is 1. The lowest BCUT2D eigenvalue weighted by atomic mass is 10.1. The molecule has 0 spiro atoms. The molecule has 2 rings (SSSR count). The third-order valence-corrected chi connectivity index (χ3v) is 4.23. The number of hydrogen-bond donors (Lipinski definition) is 1. The zero-order valence-corrected chi connectivity index (χ0v) is 14.9. The van der Waals surface area contributed by atoms with Gasteiger partial charge in [0.15, 0.2) is 11.7 Å². The number of nitrogens with zero attached hydrogens (tertiary/aromatic N) is 3. The molecular weight excluding hydrogens is 351 g/mol. The summed E-state index contributed by atoms with van der Waals surface area (Å²) in [7, 11) is 0. The van der Waals surface area contributed by atoms with Crippen molar-refractivity contribution in [1.29, 1.82) is 0 Å². The van der Waals surface area contributed by atoms with Crippen LogP contribution in [0.2, 0.25) is 0 Å². The van der Waals surface area contributed by atoms with Crippen LogP contribution in [-0.4, -0.2) is 21.0 Å². The van der Waals surface area contributed by atoms with Gasteiger partial charge >= 0.3 is 0 Å². The molecule has 0 aliphatic carbocycles. The highest BCUT2D eigenvalue weighted by molar-refractivity contribution is 7.84. The Morgan fingerprint density at radius 2 is 1.67 bits per heavy atom. The van der Waals surface area contributed by atoms with Crippen LogP contribution in [-0.2, 0) is 11.1 Å². The summed E-state index contributed by atoms with van der Waals surface area (Å²) in [4.78, 5) is 4.27. The molecule has 0 unspecified atom stereocenters. The van der Waals surface area contributed by atoms with Gasteiger partial charge in [0.2, 0.25) is 0 Å². The minimum atomic E-state index is -1.68. The van der Waals surface area contributed by atoms with E-state index in [2.05, 4.69) is 18.5 Å². The average Bonchev–Trinajstić information content (AvgIpc) is 2.36. The first-order valence-electron chi connectivity index (χ1n) is 6.19.